The van der Waals surface area contributed by atoms with Crippen LogP contribution in [0.25, 0.3) is 6.08 Å². The Hall–Kier alpha value is -5.70. The predicted octanol–water partition coefficient (Wildman–Crippen LogP) is 4.64. The summed E-state index contributed by atoms with van der Waals surface area (Å²) in [4.78, 5) is 58.0. The Kier molecular flexibility index (Phi) is 5.87. The van der Waals surface area contributed by atoms with Crippen LogP contribution in [-0.4, -0.2) is 42.4 Å². The minimum atomic E-state index is -1.07. The third kappa shape index (κ3) is 3.93. The third-order valence-electron chi connectivity index (χ3n) is 8.64. The van der Waals surface area contributed by atoms with Gasteiger partial charge in [0.2, 0.25) is 18.6 Å². The summed E-state index contributed by atoms with van der Waals surface area (Å²) < 4.78 is 16.7. The van der Waals surface area contributed by atoms with Gasteiger partial charge in [-0.25, -0.2) is 9.69 Å². The molecular formula is C35H24N2O7. The number of carbonyl (C=O) groups excluding carboxylic acids is 4. The number of anilines is 2. The lowest BCUT2D eigenvalue weighted by Crippen LogP contribution is -2.50. The summed E-state index contributed by atoms with van der Waals surface area (Å²) >= 11 is 0. The second-order valence-corrected chi connectivity index (χ2v) is 11.0. The van der Waals surface area contributed by atoms with E-state index in [-0.39, 0.29) is 18.3 Å². The fourth-order valence-corrected chi connectivity index (χ4v) is 6.67. The molecule has 2 amide bonds. The maximum absolute atomic E-state index is 14.1. The van der Waals surface area contributed by atoms with E-state index >= 15 is 0 Å². The van der Waals surface area contributed by atoms with Gasteiger partial charge in [0.05, 0.1) is 23.6 Å². The molecule has 0 aromatic heterocycles. The van der Waals surface area contributed by atoms with Crippen molar-refractivity contribution in [3.8, 4) is 17.2 Å². The molecule has 4 aromatic rings. The minimum Gasteiger partial charge on any atom is -0.454 e. The minimum absolute atomic E-state index is 0.0580. The summed E-state index contributed by atoms with van der Waals surface area (Å²) in [6, 6.07) is 26.1. The maximum Gasteiger partial charge on any atom is 0.335 e. The summed E-state index contributed by atoms with van der Waals surface area (Å²) in [5.74, 6) is -2.28. The summed E-state index contributed by atoms with van der Waals surface area (Å²) in [7, 11) is 0. The molecule has 8 rings (SSSR count). The number of fused-ring (bicyclic) bond motifs is 6. The molecule has 0 N–H and O–H groups in total. The number of ketones is 1. The molecule has 0 unspecified atom stereocenters. The van der Waals surface area contributed by atoms with Crippen LogP contribution in [0.3, 0.4) is 0 Å². The summed E-state index contributed by atoms with van der Waals surface area (Å²) in [6.07, 6.45) is 3.80. The molecule has 4 atom stereocenters. The highest BCUT2D eigenvalue weighted by molar-refractivity contribution is 6.24. The van der Waals surface area contributed by atoms with Crippen molar-refractivity contribution in [2.45, 2.75) is 12.1 Å². The molecule has 0 bridgehead atoms. The number of carbonyl (C=O) groups is 4. The van der Waals surface area contributed by atoms with E-state index in [0.29, 0.717) is 28.3 Å². The van der Waals surface area contributed by atoms with Crippen molar-refractivity contribution in [1.82, 2.24) is 0 Å². The number of amides is 2. The second-order valence-electron chi connectivity index (χ2n) is 11.0. The molecule has 4 heterocycles. The molecule has 9 heteroatoms. The molecular weight excluding hydrogens is 560 g/mol. The number of hydrogen-bond acceptors (Lipinski definition) is 8. The van der Waals surface area contributed by atoms with E-state index in [9.17, 15) is 19.2 Å². The maximum atomic E-state index is 14.1. The molecule has 2 fully saturated rings. The van der Waals surface area contributed by atoms with Gasteiger partial charge in [-0.05, 0) is 48.0 Å². The topological polar surface area (TPSA) is 102 Å². The number of imide groups is 1. The summed E-state index contributed by atoms with van der Waals surface area (Å²) in [6.45, 7) is 0.0580. The van der Waals surface area contributed by atoms with E-state index in [4.69, 9.17) is 14.2 Å². The van der Waals surface area contributed by atoms with Crippen LogP contribution in [-0.2, 0) is 14.4 Å². The van der Waals surface area contributed by atoms with Crippen LogP contribution in [0.1, 0.15) is 21.5 Å². The first-order valence-electron chi connectivity index (χ1n) is 14.2. The fourth-order valence-electron chi connectivity index (χ4n) is 6.67. The van der Waals surface area contributed by atoms with E-state index in [1.165, 1.54) is 0 Å². The van der Waals surface area contributed by atoms with Crippen molar-refractivity contribution in [2.75, 3.05) is 16.6 Å². The van der Waals surface area contributed by atoms with Crippen LogP contribution in [0.4, 0.5) is 11.4 Å². The Morgan fingerprint density at radius 2 is 1.45 bits per heavy atom. The second kappa shape index (κ2) is 9.95. The number of para-hydroxylation sites is 1. The Morgan fingerprint density at radius 3 is 2.27 bits per heavy atom. The van der Waals surface area contributed by atoms with E-state index in [0.717, 1.165) is 16.2 Å². The molecule has 0 radical (unpaired) electrons. The molecule has 9 nitrogen and oxygen atoms in total. The van der Waals surface area contributed by atoms with E-state index < -0.39 is 41.7 Å². The Balaban J connectivity index is 1.13. The van der Waals surface area contributed by atoms with E-state index in [1.54, 1.807) is 66.7 Å². The van der Waals surface area contributed by atoms with Crippen LogP contribution < -0.4 is 24.0 Å². The van der Waals surface area contributed by atoms with Crippen LogP contribution in [0.5, 0.6) is 17.2 Å². The van der Waals surface area contributed by atoms with Gasteiger partial charge in [0.1, 0.15) is 11.8 Å². The van der Waals surface area contributed by atoms with E-state index in [2.05, 4.69) is 0 Å². The van der Waals surface area contributed by atoms with Crippen LogP contribution >= 0.6 is 0 Å². The zero-order valence-electron chi connectivity index (χ0n) is 23.2. The van der Waals surface area contributed by atoms with Crippen molar-refractivity contribution in [3.63, 3.8) is 0 Å². The summed E-state index contributed by atoms with van der Waals surface area (Å²) in [5, 5.41) is 0. The van der Waals surface area contributed by atoms with Gasteiger partial charge in [-0.2, -0.15) is 0 Å². The Bertz CT molecular complexity index is 1890. The van der Waals surface area contributed by atoms with Crippen molar-refractivity contribution >= 4 is 41.0 Å². The number of ether oxygens (including phenoxy) is 3. The van der Waals surface area contributed by atoms with Crippen molar-refractivity contribution in [3.05, 3.63) is 120 Å². The predicted molar refractivity (Wildman–Crippen MR) is 160 cm³/mol. The largest absolute Gasteiger partial charge is 0.454 e. The van der Waals surface area contributed by atoms with Crippen LogP contribution in [0.15, 0.2) is 103 Å². The molecule has 44 heavy (non-hydrogen) atoms. The van der Waals surface area contributed by atoms with Gasteiger partial charge >= 0.3 is 5.97 Å². The SMILES string of the molecule is O=C(c1ccccc1)c1ccc(OC(=O)[C@H]2[C@@H]3C(=O)N(c4ccc5c(c4)OCO5)C(=O)[C@@H]3[C@H]3C=Cc4ccccc4N32)cc1. The fraction of sp³-hybridized carbons (Fsp3) is 0.143. The number of hydrogen-bond donors (Lipinski definition) is 0. The zero-order valence-corrected chi connectivity index (χ0v) is 23.2. The average molecular weight is 585 g/mol. The average Bonchev–Trinajstić information content (AvgIpc) is 3.74. The third-order valence-corrected chi connectivity index (χ3v) is 8.64. The van der Waals surface area contributed by atoms with Gasteiger partial charge in [-0.1, -0.05) is 60.7 Å². The number of esters is 1. The molecule has 2 saturated heterocycles. The number of rotatable bonds is 5. The van der Waals surface area contributed by atoms with Crippen molar-refractivity contribution in [2.24, 2.45) is 11.8 Å². The first kappa shape index (κ1) is 26.0. The van der Waals surface area contributed by atoms with E-state index in [1.807, 2.05) is 47.4 Å². The van der Waals surface area contributed by atoms with Gasteiger partial charge in [0.25, 0.3) is 0 Å². The van der Waals surface area contributed by atoms with Crippen LogP contribution in [0, 0.1) is 11.8 Å². The number of benzene rings is 4. The molecule has 0 aliphatic carbocycles. The van der Waals surface area contributed by atoms with Crippen LogP contribution in [0.2, 0.25) is 0 Å². The highest BCUT2D eigenvalue weighted by Gasteiger charge is 2.65. The zero-order chi connectivity index (χ0) is 29.9. The quantitative estimate of drug-likeness (QED) is 0.145. The molecule has 0 spiro atoms. The highest BCUT2D eigenvalue weighted by Crippen LogP contribution is 2.50. The normalized spacial score (nSPS) is 22.5. The Morgan fingerprint density at radius 1 is 0.750 bits per heavy atom. The monoisotopic (exact) mass is 584 g/mol. The first-order chi connectivity index (χ1) is 21.5. The highest BCUT2D eigenvalue weighted by atomic mass is 16.7. The van der Waals surface area contributed by atoms with Gasteiger partial charge < -0.3 is 19.1 Å². The standard InChI is InChI=1S/C35H24N2O7/c38-32(21-7-2-1-3-8-21)22-10-14-24(15-11-22)44-35(41)31-30-29(26-16-12-20-6-4-5-9-25(20)37(26)31)33(39)36(34(30)40)23-13-17-27-28(18-23)43-19-42-27/h1-18,26,29-31H,19H2/t26-,29-,30-,31-/m1/s1. The Labute approximate surface area is 251 Å². The van der Waals surface area contributed by atoms with Gasteiger partial charge in [-0.3, -0.25) is 14.4 Å². The molecule has 4 aliphatic heterocycles. The molecule has 216 valence electrons. The molecule has 0 saturated carbocycles. The lowest BCUT2D eigenvalue weighted by molar-refractivity contribution is -0.139. The lowest BCUT2D eigenvalue weighted by atomic mass is 9.89. The molecule has 4 aromatic carbocycles. The van der Waals surface area contributed by atoms with Gasteiger partial charge in [-0.15, -0.1) is 0 Å². The molecule has 4 aliphatic rings. The van der Waals surface area contributed by atoms with Crippen molar-refractivity contribution < 1.29 is 33.4 Å². The van der Waals surface area contributed by atoms with Gasteiger partial charge in [0, 0.05) is 22.9 Å². The first-order valence-corrected chi connectivity index (χ1v) is 14.2. The lowest BCUT2D eigenvalue weighted by Gasteiger charge is -2.36. The smallest absolute Gasteiger partial charge is 0.335 e. The summed E-state index contributed by atoms with van der Waals surface area (Å²) in [5.41, 5.74) is 2.97. The number of nitrogens with zero attached hydrogens (tertiary/aromatic N) is 2. The van der Waals surface area contributed by atoms with Gasteiger partial charge in [0.15, 0.2) is 17.3 Å². The van der Waals surface area contributed by atoms with Crippen molar-refractivity contribution in [1.29, 1.82) is 0 Å².